The van der Waals surface area contributed by atoms with Crippen LogP contribution in [0.3, 0.4) is 0 Å². The van der Waals surface area contributed by atoms with Crippen LogP contribution in [-0.2, 0) is 25.0 Å². The summed E-state index contributed by atoms with van der Waals surface area (Å²) in [6.07, 6.45) is 4.32. The maximum atomic E-state index is 4.51. The zero-order valence-corrected chi connectivity index (χ0v) is 16.8. The molecule has 0 aromatic carbocycles. The van der Waals surface area contributed by atoms with Crippen LogP contribution in [0.4, 0.5) is 0 Å². The molecule has 0 saturated carbocycles. The lowest BCUT2D eigenvalue weighted by atomic mass is 9.89. The third-order valence-electron chi connectivity index (χ3n) is 5.47. The molecule has 0 spiro atoms. The summed E-state index contributed by atoms with van der Waals surface area (Å²) in [7, 11) is 0. The van der Waals surface area contributed by atoms with Crippen LogP contribution < -0.4 is 5.32 Å². The number of halogens is 1. The SMILES string of the molecule is CC(C)(C)c1[nH]ncc1CN1CCC(c2nnc3n2CCNC3)CC1.Cl. The van der Waals surface area contributed by atoms with Crippen molar-refractivity contribution in [3.63, 3.8) is 0 Å². The van der Waals surface area contributed by atoms with Gasteiger partial charge in [-0.15, -0.1) is 22.6 Å². The Morgan fingerprint density at radius 2 is 1.92 bits per heavy atom. The molecule has 0 bridgehead atoms. The molecule has 2 aromatic rings. The van der Waals surface area contributed by atoms with Crippen molar-refractivity contribution in [1.29, 1.82) is 0 Å². The highest BCUT2D eigenvalue weighted by Gasteiger charge is 2.28. The Hall–Kier alpha value is -1.44. The topological polar surface area (TPSA) is 74.7 Å². The van der Waals surface area contributed by atoms with E-state index in [4.69, 9.17) is 0 Å². The van der Waals surface area contributed by atoms with Crippen molar-refractivity contribution >= 4 is 12.4 Å². The summed E-state index contributed by atoms with van der Waals surface area (Å²) in [5, 5.41) is 19.7. The number of hydrogen-bond acceptors (Lipinski definition) is 5. The standard InChI is InChI=1S/C18H29N7.ClH/c1-18(2,3)16-14(10-20-22-16)12-24-7-4-13(5-8-24)17-23-21-15-11-19-6-9-25(15)17;/h10,13,19H,4-9,11-12H2,1-3H3,(H,20,22);1H. The monoisotopic (exact) mass is 379 g/mol. The summed E-state index contributed by atoms with van der Waals surface area (Å²) in [5.74, 6) is 2.84. The van der Waals surface area contributed by atoms with Crippen molar-refractivity contribution in [2.75, 3.05) is 19.6 Å². The average Bonchev–Trinajstić information content (AvgIpc) is 3.22. The number of piperidine rings is 1. The highest BCUT2D eigenvalue weighted by atomic mass is 35.5. The molecule has 1 saturated heterocycles. The lowest BCUT2D eigenvalue weighted by molar-refractivity contribution is 0.198. The maximum Gasteiger partial charge on any atom is 0.147 e. The van der Waals surface area contributed by atoms with Crippen molar-refractivity contribution in [2.24, 2.45) is 0 Å². The minimum Gasteiger partial charge on any atom is -0.312 e. The van der Waals surface area contributed by atoms with Crippen molar-refractivity contribution in [3.05, 3.63) is 29.1 Å². The van der Waals surface area contributed by atoms with Gasteiger partial charge in [0.05, 0.1) is 12.7 Å². The fourth-order valence-electron chi connectivity index (χ4n) is 4.09. The molecule has 2 N–H and O–H groups in total. The van der Waals surface area contributed by atoms with Crippen LogP contribution in [-0.4, -0.2) is 49.5 Å². The minimum absolute atomic E-state index is 0. The predicted molar refractivity (Wildman–Crippen MR) is 104 cm³/mol. The van der Waals surface area contributed by atoms with Gasteiger partial charge in [0.2, 0.25) is 0 Å². The van der Waals surface area contributed by atoms with E-state index >= 15 is 0 Å². The molecule has 0 atom stereocenters. The Balaban J connectivity index is 0.00000196. The van der Waals surface area contributed by atoms with Gasteiger partial charge in [0, 0.05) is 42.2 Å². The van der Waals surface area contributed by atoms with E-state index in [9.17, 15) is 0 Å². The molecule has 0 amide bonds. The Bertz CT molecular complexity index is 722. The lowest BCUT2D eigenvalue weighted by Crippen LogP contribution is -2.35. The molecule has 7 nitrogen and oxygen atoms in total. The minimum atomic E-state index is 0. The summed E-state index contributed by atoms with van der Waals surface area (Å²) in [4.78, 5) is 2.55. The Morgan fingerprint density at radius 3 is 2.65 bits per heavy atom. The molecule has 2 aliphatic rings. The van der Waals surface area contributed by atoms with Gasteiger partial charge in [0.15, 0.2) is 0 Å². The Labute approximate surface area is 161 Å². The van der Waals surface area contributed by atoms with Gasteiger partial charge in [-0.2, -0.15) is 5.10 Å². The van der Waals surface area contributed by atoms with Gasteiger partial charge >= 0.3 is 0 Å². The van der Waals surface area contributed by atoms with Crippen LogP contribution in [0, 0.1) is 0 Å². The van der Waals surface area contributed by atoms with Gasteiger partial charge in [-0.25, -0.2) is 0 Å². The first-order valence-corrected chi connectivity index (χ1v) is 9.40. The van der Waals surface area contributed by atoms with E-state index in [1.165, 1.54) is 17.1 Å². The number of likely N-dealkylation sites (tertiary alicyclic amines) is 1. The Morgan fingerprint density at radius 1 is 1.15 bits per heavy atom. The van der Waals surface area contributed by atoms with E-state index in [0.717, 1.165) is 57.9 Å². The van der Waals surface area contributed by atoms with Crippen LogP contribution >= 0.6 is 12.4 Å². The lowest BCUT2D eigenvalue weighted by Gasteiger charge is -2.32. The molecule has 0 unspecified atom stereocenters. The second-order valence-corrected chi connectivity index (χ2v) is 8.37. The predicted octanol–water partition coefficient (Wildman–Crippen LogP) is 2.20. The number of hydrogen-bond donors (Lipinski definition) is 2. The maximum absolute atomic E-state index is 4.51. The van der Waals surface area contributed by atoms with Crippen LogP contribution in [0.2, 0.25) is 0 Å². The number of rotatable bonds is 3. The van der Waals surface area contributed by atoms with Gasteiger partial charge in [0.1, 0.15) is 11.6 Å². The molecule has 8 heteroatoms. The van der Waals surface area contributed by atoms with Gasteiger partial charge in [-0.3, -0.25) is 10.00 Å². The van der Waals surface area contributed by atoms with Crippen molar-refractivity contribution < 1.29 is 0 Å². The third-order valence-corrected chi connectivity index (χ3v) is 5.47. The van der Waals surface area contributed by atoms with Crippen molar-refractivity contribution in [1.82, 2.24) is 35.2 Å². The van der Waals surface area contributed by atoms with E-state index in [-0.39, 0.29) is 17.8 Å². The summed E-state index contributed by atoms with van der Waals surface area (Å²) < 4.78 is 2.34. The molecule has 1 fully saturated rings. The zero-order chi connectivity index (χ0) is 17.4. The quantitative estimate of drug-likeness (QED) is 0.855. The van der Waals surface area contributed by atoms with Gasteiger partial charge in [0.25, 0.3) is 0 Å². The number of nitrogens with zero attached hydrogens (tertiary/aromatic N) is 5. The number of aromatic amines is 1. The molecule has 26 heavy (non-hydrogen) atoms. The van der Waals surface area contributed by atoms with Crippen LogP contribution in [0.15, 0.2) is 6.20 Å². The molecular formula is C18H30ClN7. The summed E-state index contributed by atoms with van der Waals surface area (Å²) >= 11 is 0. The zero-order valence-electron chi connectivity index (χ0n) is 16.0. The summed E-state index contributed by atoms with van der Waals surface area (Å²) in [6.45, 7) is 12.8. The largest absolute Gasteiger partial charge is 0.312 e. The molecule has 2 aromatic heterocycles. The number of nitrogens with one attached hydrogen (secondary N) is 2. The van der Waals surface area contributed by atoms with Crippen LogP contribution in [0.25, 0.3) is 0 Å². The average molecular weight is 380 g/mol. The second-order valence-electron chi connectivity index (χ2n) is 8.37. The first-order chi connectivity index (χ1) is 12.0. The van der Waals surface area contributed by atoms with E-state index in [1.54, 1.807) is 0 Å². The molecular weight excluding hydrogens is 350 g/mol. The molecule has 2 aliphatic heterocycles. The molecule has 0 aliphatic carbocycles. The number of H-pyrrole nitrogens is 1. The highest BCUT2D eigenvalue weighted by Crippen LogP contribution is 2.30. The van der Waals surface area contributed by atoms with Crippen molar-refractivity contribution in [3.8, 4) is 0 Å². The normalized spacial score (nSPS) is 19.2. The fraction of sp³-hybridized carbons (Fsp3) is 0.722. The fourth-order valence-corrected chi connectivity index (χ4v) is 4.09. The second kappa shape index (κ2) is 7.66. The third kappa shape index (κ3) is 3.80. The van der Waals surface area contributed by atoms with Crippen LogP contribution in [0.5, 0.6) is 0 Å². The summed E-state index contributed by atoms with van der Waals surface area (Å²) in [6, 6.07) is 0. The van der Waals surface area contributed by atoms with Gasteiger partial charge in [-0.1, -0.05) is 20.8 Å². The van der Waals surface area contributed by atoms with Crippen molar-refractivity contribution in [2.45, 2.75) is 64.6 Å². The van der Waals surface area contributed by atoms with E-state index in [2.05, 4.69) is 55.9 Å². The first-order valence-electron chi connectivity index (χ1n) is 9.40. The Kier molecular flexibility index (Phi) is 5.69. The molecule has 4 heterocycles. The van der Waals surface area contributed by atoms with Crippen LogP contribution in [0.1, 0.15) is 62.4 Å². The molecule has 144 valence electrons. The summed E-state index contributed by atoms with van der Waals surface area (Å²) in [5.41, 5.74) is 2.70. The van der Waals surface area contributed by atoms with Gasteiger partial charge < -0.3 is 9.88 Å². The smallest absolute Gasteiger partial charge is 0.147 e. The van der Waals surface area contributed by atoms with E-state index in [0.29, 0.717) is 5.92 Å². The van der Waals surface area contributed by atoms with Gasteiger partial charge in [-0.05, 0) is 25.9 Å². The van der Waals surface area contributed by atoms with E-state index < -0.39 is 0 Å². The van der Waals surface area contributed by atoms with E-state index in [1.807, 2.05) is 6.20 Å². The number of aromatic nitrogens is 5. The highest BCUT2D eigenvalue weighted by molar-refractivity contribution is 5.85. The first kappa shape index (κ1) is 19.3. The molecule has 0 radical (unpaired) electrons. The molecule has 4 rings (SSSR count). The number of fused-ring (bicyclic) bond motifs is 1.